The number of carbonyl (C=O) groups excluding carboxylic acids is 3. The normalized spacial score (nSPS) is 14.7. The first-order valence-corrected chi connectivity index (χ1v) is 8.92. The average Bonchev–Trinajstić information content (AvgIpc) is 2.62. The summed E-state index contributed by atoms with van der Waals surface area (Å²) >= 11 is 0. The fraction of sp³-hybridized carbons (Fsp3) is 0.526. The van der Waals surface area contributed by atoms with Crippen LogP contribution in [-0.2, 0) is 14.3 Å². The summed E-state index contributed by atoms with van der Waals surface area (Å²) in [5, 5.41) is 2.79. The molecule has 1 aromatic rings. The van der Waals surface area contributed by atoms with E-state index in [1.807, 2.05) is 0 Å². The van der Waals surface area contributed by atoms with Crippen LogP contribution in [0.15, 0.2) is 24.3 Å². The Morgan fingerprint density at radius 3 is 2.31 bits per heavy atom. The largest absolute Gasteiger partial charge is 0.379 e. The molecule has 1 aromatic carbocycles. The first kappa shape index (κ1) is 20.1. The molecule has 0 unspecified atom stereocenters. The molecule has 26 heavy (non-hydrogen) atoms. The number of morpholine rings is 1. The van der Waals surface area contributed by atoms with Crippen molar-refractivity contribution < 1.29 is 19.1 Å². The smallest absolute Gasteiger partial charge is 0.226 e. The molecule has 1 aliphatic heterocycles. The van der Waals surface area contributed by atoms with Crippen LogP contribution < -0.4 is 5.32 Å². The fourth-order valence-corrected chi connectivity index (χ4v) is 2.76. The van der Waals surface area contributed by atoms with E-state index in [1.54, 1.807) is 29.2 Å². The van der Waals surface area contributed by atoms with Crippen molar-refractivity contribution >= 4 is 23.3 Å². The lowest BCUT2D eigenvalue weighted by molar-refractivity contribution is -0.129. The molecule has 2 rings (SSSR count). The third-order valence-corrected chi connectivity index (χ3v) is 4.42. The van der Waals surface area contributed by atoms with Crippen LogP contribution in [0.25, 0.3) is 0 Å². The molecule has 2 amide bonds. The Labute approximate surface area is 154 Å². The number of Topliss-reactive ketones (excluding diaryl/α,β-unsaturated/α-hetero) is 1. The highest BCUT2D eigenvalue weighted by Crippen LogP contribution is 2.10. The molecule has 1 saturated heterocycles. The monoisotopic (exact) mass is 361 g/mol. The second-order valence-electron chi connectivity index (χ2n) is 6.39. The molecule has 0 aromatic heterocycles. The Kier molecular flexibility index (Phi) is 7.74. The molecule has 0 radical (unpaired) electrons. The van der Waals surface area contributed by atoms with Crippen molar-refractivity contribution in [3.8, 4) is 0 Å². The highest BCUT2D eigenvalue weighted by atomic mass is 16.5. The zero-order valence-electron chi connectivity index (χ0n) is 15.5. The van der Waals surface area contributed by atoms with Gasteiger partial charge in [-0.05, 0) is 31.2 Å². The average molecular weight is 361 g/mol. The second-order valence-corrected chi connectivity index (χ2v) is 6.39. The van der Waals surface area contributed by atoms with E-state index >= 15 is 0 Å². The van der Waals surface area contributed by atoms with Gasteiger partial charge in [-0.25, -0.2) is 0 Å². The first-order chi connectivity index (χ1) is 12.5. The van der Waals surface area contributed by atoms with E-state index in [0.717, 1.165) is 32.8 Å². The summed E-state index contributed by atoms with van der Waals surface area (Å²) in [6.45, 7) is 8.02. The van der Waals surface area contributed by atoms with Gasteiger partial charge in [0.25, 0.3) is 0 Å². The molecule has 0 atom stereocenters. The van der Waals surface area contributed by atoms with Crippen molar-refractivity contribution in [1.29, 1.82) is 0 Å². The van der Waals surface area contributed by atoms with Gasteiger partial charge >= 0.3 is 0 Å². The highest BCUT2D eigenvalue weighted by Gasteiger charge is 2.15. The van der Waals surface area contributed by atoms with Gasteiger partial charge in [0.15, 0.2) is 5.78 Å². The van der Waals surface area contributed by atoms with Gasteiger partial charge in [-0.3, -0.25) is 19.3 Å². The molecule has 0 spiro atoms. The van der Waals surface area contributed by atoms with Crippen molar-refractivity contribution in [2.75, 3.05) is 51.3 Å². The minimum Gasteiger partial charge on any atom is -0.379 e. The lowest BCUT2D eigenvalue weighted by Gasteiger charge is -2.29. The van der Waals surface area contributed by atoms with Gasteiger partial charge in [-0.15, -0.1) is 0 Å². The maximum atomic E-state index is 12.1. The van der Waals surface area contributed by atoms with Crippen molar-refractivity contribution in [1.82, 2.24) is 9.80 Å². The summed E-state index contributed by atoms with van der Waals surface area (Å²) in [7, 11) is 0. The van der Waals surface area contributed by atoms with E-state index in [-0.39, 0.29) is 24.0 Å². The summed E-state index contributed by atoms with van der Waals surface area (Å²) in [6, 6.07) is 6.77. The first-order valence-electron chi connectivity index (χ1n) is 8.92. The number of ether oxygens (including phenoxy) is 1. The number of nitrogens with one attached hydrogen (secondary N) is 1. The van der Waals surface area contributed by atoms with Gasteiger partial charge in [0.2, 0.25) is 11.8 Å². The molecule has 0 saturated carbocycles. The van der Waals surface area contributed by atoms with E-state index < -0.39 is 0 Å². The van der Waals surface area contributed by atoms with Gasteiger partial charge in [0, 0.05) is 57.3 Å². The minimum atomic E-state index is -0.154. The van der Waals surface area contributed by atoms with E-state index in [1.165, 1.54) is 13.8 Å². The second kappa shape index (κ2) is 10.0. The third-order valence-electron chi connectivity index (χ3n) is 4.42. The fourth-order valence-electron chi connectivity index (χ4n) is 2.76. The van der Waals surface area contributed by atoms with Crippen LogP contribution in [0.5, 0.6) is 0 Å². The number of nitrogens with zero attached hydrogens (tertiary/aromatic N) is 2. The predicted octanol–water partition coefficient (Wildman–Crippen LogP) is 1.40. The quantitative estimate of drug-likeness (QED) is 0.708. The molecule has 1 fully saturated rings. The van der Waals surface area contributed by atoms with E-state index in [2.05, 4.69) is 10.2 Å². The van der Waals surface area contributed by atoms with Gasteiger partial charge in [0.1, 0.15) is 0 Å². The number of carbonyl (C=O) groups is 3. The molecule has 142 valence electrons. The Balaban J connectivity index is 1.77. The molecule has 0 aliphatic carbocycles. The summed E-state index contributed by atoms with van der Waals surface area (Å²) in [5.41, 5.74) is 1.25. The number of hydrogen-bond acceptors (Lipinski definition) is 5. The topological polar surface area (TPSA) is 79.0 Å². The number of rotatable bonds is 8. The van der Waals surface area contributed by atoms with Crippen LogP contribution in [0.3, 0.4) is 0 Å². The molecule has 1 N–H and O–H groups in total. The standard InChI is InChI=1S/C19H27N3O4/c1-15(23)17-3-5-18(6-4-17)20-19(25)7-8-22(16(2)24)10-9-21-11-13-26-14-12-21/h3-6H,7-14H2,1-2H3,(H,20,25). The summed E-state index contributed by atoms with van der Waals surface area (Å²) in [6.07, 6.45) is 0.233. The number of benzene rings is 1. The molecule has 7 heteroatoms. The van der Waals surface area contributed by atoms with Gasteiger partial charge < -0.3 is 15.0 Å². The van der Waals surface area contributed by atoms with Crippen LogP contribution in [-0.4, -0.2) is 73.3 Å². The zero-order chi connectivity index (χ0) is 18.9. The maximum Gasteiger partial charge on any atom is 0.226 e. The van der Waals surface area contributed by atoms with Gasteiger partial charge in [-0.2, -0.15) is 0 Å². The molecule has 0 bridgehead atoms. The van der Waals surface area contributed by atoms with Crippen LogP contribution in [0.2, 0.25) is 0 Å². The number of amides is 2. The van der Waals surface area contributed by atoms with Crippen LogP contribution in [0.4, 0.5) is 5.69 Å². The van der Waals surface area contributed by atoms with Crippen LogP contribution in [0.1, 0.15) is 30.6 Å². The molecule has 1 aliphatic rings. The summed E-state index contributed by atoms with van der Waals surface area (Å²) in [5.74, 6) is -0.199. The minimum absolute atomic E-state index is 0.0137. The van der Waals surface area contributed by atoms with E-state index in [4.69, 9.17) is 4.74 Å². The Morgan fingerprint density at radius 1 is 1.08 bits per heavy atom. The van der Waals surface area contributed by atoms with Crippen molar-refractivity contribution in [3.05, 3.63) is 29.8 Å². The summed E-state index contributed by atoms with van der Waals surface area (Å²) in [4.78, 5) is 39.2. The van der Waals surface area contributed by atoms with Crippen LogP contribution in [0, 0.1) is 0 Å². The lowest BCUT2D eigenvalue weighted by Crippen LogP contribution is -2.43. The number of hydrogen-bond donors (Lipinski definition) is 1. The Bertz CT molecular complexity index is 624. The third kappa shape index (κ3) is 6.57. The number of anilines is 1. The molecular weight excluding hydrogens is 334 g/mol. The molecular formula is C19H27N3O4. The number of ketones is 1. The van der Waals surface area contributed by atoms with Crippen molar-refractivity contribution in [2.45, 2.75) is 20.3 Å². The lowest BCUT2D eigenvalue weighted by atomic mass is 10.1. The summed E-state index contributed by atoms with van der Waals surface area (Å²) < 4.78 is 5.32. The highest BCUT2D eigenvalue weighted by molar-refractivity contribution is 5.95. The maximum absolute atomic E-state index is 12.1. The predicted molar refractivity (Wildman–Crippen MR) is 99.2 cm³/mol. The molecule has 1 heterocycles. The van der Waals surface area contributed by atoms with Gasteiger partial charge in [-0.1, -0.05) is 0 Å². The van der Waals surface area contributed by atoms with E-state index in [0.29, 0.717) is 24.3 Å². The van der Waals surface area contributed by atoms with Gasteiger partial charge in [0.05, 0.1) is 13.2 Å². The zero-order valence-corrected chi connectivity index (χ0v) is 15.5. The molecule has 7 nitrogen and oxygen atoms in total. The Morgan fingerprint density at radius 2 is 1.73 bits per heavy atom. The SMILES string of the molecule is CC(=O)c1ccc(NC(=O)CCN(CCN2CCOCC2)C(C)=O)cc1. The van der Waals surface area contributed by atoms with E-state index in [9.17, 15) is 14.4 Å². The van der Waals surface area contributed by atoms with Crippen molar-refractivity contribution in [2.24, 2.45) is 0 Å². The van der Waals surface area contributed by atoms with Crippen LogP contribution >= 0.6 is 0 Å². The van der Waals surface area contributed by atoms with Crippen molar-refractivity contribution in [3.63, 3.8) is 0 Å². The Hall–Kier alpha value is -2.25.